The van der Waals surface area contributed by atoms with Crippen molar-refractivity contribution in [2.24, 2.45) is 0 Å². The second-order valence-electron chi connectivity index (χ2n) is 7.69. The lowest BCUT2D eigenvalue weighted by molar-refractivity contribution is 0.0699. The van der Waals surface area contributed by atoms with E-state index in [9.17, 15) is 9.90 Å². The lowest BCUT2D eigenvalue weighted by Crippen LogP contribution is -2.36. The number of morpholine rings is 1. The van der Waals surface area contributed by atoms with E-state index in [2.05, 4.69) is 50.8 Å². The van der Waals surface area contributed by atoms with Crippen molar-refractivity contribution in [2.45, 2.75) is 13.5 Å². The molecule has 1 saturated heterocycles. The van der Waals surface area contributed by atoms with E-state index in [0.717, 1.165) is 35.7 Å². The molecular formula is C24H23N3O3. The monoisotopic (exact) mass is 401 g/mol. The van der Waals surface area contributed by atoms with Gasteiger partial charge in [0.2, 0.25) is 0 Å². The molecule has 6 nitrogen and oxygen atoms in total. The molecule has 2 heterocycles. The van der Waals surface area contributed by atoms with Gasteiger partial charge in [-0.25, -0.2) is 9.78 Å². The number of fused-ring (bicyclic) bond motifs is 2. The summed E-state index contributed by atoms with van der Waals surface area (Å²) in [6.45, 7) is 5.37. The predicted molar refractivity (Wildman–Crippen MR) is 118 cm³/mol. The Morgan fingerprint density at radius 1 is 1.07 bits per heavy atom. The first-order chi connectivity index (χ1) is 14.6. The molecule has 0 aliphatic carbocycles. The highest BCUT2D eigenvalue weighted by atomic mass is 16.5. The Kier molecular flexibility index (Phi) is 4.64. The van der Waals surface area contributed by atoms with Gasteiger partial charge in [-0.2, -0.15) is 0 Å². The summed E-state index contributed by atoms with van der Waals surface area (Å²) in [6, 6.07) is 18.5. The summed E-state index contributed by atoms with van der Waals surface area (Å²) in [5.41, 5.74) is 3.70. The van der Waals surface area contributed by atoms with Crippen LogP contribution in [0, 0.1) is 6.92 Å². The quantitative estimate of drug-likeness (QED) is 0.558. The summed E-state index contributed by atoms with van der Waals surface area (Å²) in [6.07, 6.45) is 0. The number of carboxylic acids is 1. The van der Waals surface area contributed by atoms with Gasteiger partial charge in [0.15, 0.2) is 0 Å². The van der Waals surface area contributed by atoms with Crippen LogP contribution in [0.2, 0.25) is 0 Å². The largest absolute Gasteiger partial charge is 0.478 e. The fraction of sp³-hybridized carbons (Fsp3) is 0.250. The number of ether oxygens (including phenoxy) is 1. The van der Waals surface area contributed by atoms with E-state index in [0.29, 0.717) is 25.3 Å². The Balaban J connectivity index is 1.62. The fourth-order valence-electron chi connectivity index (χ4n) is 4.21. The zero-order valence-electron chi connectivity index (χ0n) is 16.8. The van der Waals surface area contributed by atoms with Gasteiger partial charge in [0.1, 0.15) is 11.3 Å². The van der Waals surface area contributed by atoms with Gasteiger partial charge in [0, 0.05) is 25.3 Å². The van der Waals surface area contributed by atoms with Gasteiger partial charge in [-0.1, -0.05) is 36.4 Å². The van der Waals surface area contributed by atoms with Crippen molar-refractivity contribution in [3.05, 3.63) is 71.5 Å². The Labute approximate surface area is 174 Å². The molecule has 3 aromatic carbocycles. The molecule has 4 aromatic rings. The van der Waals surface area contributed by atoms with Crippen LogP contribution in [0.25, 0.3) is 21.8 Å². The first-order valence-corrected chi connectivity index (χ1v) is 10.1. The second-order valence-corrected chi connectivity index (χ2v) is 7.69. The van der Waals surface area contributed by atoms with E-state index in [-0.39, 0.29) is 5.56 Å². The molecule has 0 amide bonds. The first-order valence-electron chi connectivity index (χ1n) is 10.1. The highest BCUT2D eigenvalue weighted by Crippen LogP contribution is 2.29. The average Bonchev–Trinajstić information content (AvgIpc) is 3.08. The molecule has 152 valence electrons. The third-order valence-corrected chi connectivity index (χ3v) is 5.79. The zero-order chi connectivity index (χ0) is 20.7. The second kappa shape index (κ2) is 7.46. The van der Waals surface area contributed by atoms with Crippen molar-refractivity contribution in [1.29, 1.82) is 0 Å². The van der Waals surface area contributed by atoms with Crippen LogP contribution in [0.1, 0.15) is 21.7 Å². The van der Waals surface area contributed by atoms with Crippen LogP contribution in [-0.4, -0.2) is 46.9 Å². The number of benzene rings is 3. The van der Waals surface area contributed by atoms with E-state index < -0.39 is 5.97 Å². The summed E-state index contributed by atoms with van der Waals surface area (Å²) < 4.78 is 7.56. The molecule has 0 atom stereocenters. The minimum absolute atomic E-state index is 0.245. The van der Waals surface area contributed by atoms with Crippen molar-refractivity contribution in [2.75, 3.05) is 31.2 Å². The molecule has 0 spiro atoms. The normalized spacial score (nSPS) is 14.5. The highest BCUT2D eigenvalue weighted by molar-refractivity contribution is 6.03. The third-order valence-electron chi connectivity index (χ3n) is 5.79. The standard InChI is InChI=1S/C24H23N3O3/c1-16-25-23-21(24(28)29)13-20(26-8-10-30-11-9-26)14-22(23)27(16)15-17-6-7-18-4-2-3-5-19(18)12-17/h2-7,12-14H,8-11,15H2,1H3,(H,28,29). The Morgan fingerprint density at radius 3 is 2.60 bits per heavy atom. The van der Waals surface area contributed by atoms with Crippen molar-refractivity contribution >= 4 is 33.5 Å². The summed E-state index contributed by atoms with van der Waals surface area (Å²) in [5, 5.41) is 12.2. The van der Waals surface area contributed by atoms with Gasteiger partial charge < -0.3 is 19.3 Å². The van der Waals surface area contributed by atoms with E-state index in [1.807, 2.05) is 19.1 Å². The van der Waals surface area contributed by atoms with Crippen molar-refractivity contribution in [1.82, 2.24) is 9.55 Å². The van der Waals surface area contributed by atoms with Crippen molar-refractivity contribution < 1.29 is 14.6 Å². The molecule has 1 fully saturated rings. The molecule has 6 heteroatoms. The van der Waals surface area contributed by atoms with Gasteiger partial charge in [0.25, 0.3) is 0 Å². The molecule has 1 aromatic heterocycles. The molecule has 0 unspecified atom stereocenters. The summed E-state index contributed by atoms with van der Waals surface area (Å²) in [5.74, 6) is -0.148. The Morgan fingerprint density at radius 2 is 1.83 bits per heavy atom. The minimum atomic E-state index is -0.953. The maximum Gasteiger partial charge on any atom is 0.338 e. The molecule has 1 N–H and O–H groups in total. The number of hydrogen-bond acceptors (Lipinski definition) is 4. The highest BCUT2D eigenvalue weighted by Gasteiger charge is 2.20. The molecule has 0 saturated carbocycles. The maximum absolute atomic E-state index is 12.0. The molecule has 0 bridgehead atoms. The van der Waals surface area contributed by atoms with Gasteiger partial charge in [-0.05, 0) is 41.5 Å². The number of anilines is 1. The van der Waals surface area contributed by atoms with Crippen LogP contribution in [0.4, 0.5) is 5.69 Å². The average molecular weight is 401 g/mol. The number of nitrogens with zero attached hydrogens (tertiary/aromatic N) is 3. The lowest BCUT2D eigenvalue weighted by atomic mass is 10.1. The fourth-order valence-corrected chi connectivity index (χ4v) is 4.21. The number of aromatic nitrogens is 2. The van der Waals surface area contributed by atoms with E-state index >= 15 is 0 Å². The molecule has 0 radical (unpaired) electrons. The molecule has 1 aliphatic rings. The van der Waals surface area contributed by atoms with Gasteiger partial charge in [-0.15, -0.1) is 0 Å². The SMILES string of the molecule is Cc1nc2c(C(=O)O)cc(N3CCOCC3)cc2n1Cc1ccc2ccccc2c1. The number of rotatable bonds is 4. The Bertz CT molecular complexity index is 1260. The van der Waals surface area contributed by atoms with Crippen LogP contribution >= 0.6 is 0 Å². The Hall–Kier alpha value is -3.38. The number of aryl methyl sites for hydroxylation is 1. The minimum Gasteiger partial charge on any atom is -0.478 e. The van der Waals surface area contributed by atoms with Crippen LogP contribution in [-0.2, 0) is 11.3 Å². The number of hydrogen-bond donors (Lipinski definition) is 1. The topological polar surface area (TPSA) is 67.6 Å². The number of imidazole rings is 1. The smallest absolute Gasteiger partial charge is 0.338 e. The van der Waals surface area contributed by atoms with E-state index in [1.54, 1.807) is 6.07 Å². The maximum atomic E-state index is 12.0. The van der Waals surface area contributed by atoms with E-state index in [4.69, 9.17) is 4.74 Å². The number of aromatic carboxylic acids is 1. The van der Waals surface area contributed by atoms with Crippen LogP contribution in [0.3, 0.4) is 0 Å². The predicted octanol–water partition coefficient (Wildman–Crippen LogP) is 4.08. The van der Waals surface area contributed by atoms with Crippen molar-refractivity contribution in [3.8, 4) is 0 Å². The third kappa shape index (κ3) is 3.29. The van der Waals surface area contributed by atoms with Crippen LogP contribution in [0.5, 0.6) is 0 Å². The molecule has 1 aliphatic heterocycles. The number of carbonyl (C=O) groups is 1. The van der Waals surface area contributed by atoms with Crippen molar-refractivity contribution in [3.63, 3.8) is 0 Å². The first kappa shape index (κ1) is 18.6. The molecule has 5 rings (SSSR count). The van der Waals surface area contributed by atoms with E-state index in [1.165, 1.54) is 10.8 Å². The summed E-state index contributed by atoms with van der Waals surface area (Å²) in [7, 11) is 0. The van der Waals surface area contributed by atoms with Gasteiger partial charge >= 0.3 is 5.97 Å². The van der Waals surface area contributed by atoms with Gasteiger partial charge in [0.05, 0.1) is 24.3 Å². The van der Waals surface area contributed by atoms with Gasteiger partial charge in [-0.3, -0.25) is 0 Å². The lowest BCUT2D eigenvalue weighted by Gasteiger charge is -2.29. The van der Waals surface area contributed by atoms with Crippen LogP contribution < -0.4 is 4.90 Å². The summed E-state index contributed by atoms with van der Waals surface area (Å²) in [4.78, 5) is 18.8. The number of carboxylic acid groups (broad SMARTS) is 1. The van der Waals surface area contributed by atoms with Crippen LogP contribution in [0.15, 0.2) is 54.6 Å². The zero-order valence-corrected chi connectivity index (χ0v) is 16.8. The molecular weight excluding hydrogens is 378 g/mol. The molecule has 30 heavy (non-hydrogen) atoms. The summed E-state index contributed by atoms with van der Waals surface area (Å²) >= 11 is 0.